The van der Waals surface area contributed by atoms with Crippen LogP contribution in [0.4, 0.5) is 28.4 Å². The molecule has 1 heterocycles. The van der Waals surface area contributed by atoms with Crippen LogP contribution in [-0.4, -0.2) is 0 Å². The van der Waals surface area contributed by atoms with E-state index in [4.69, 9.17) is 0 Å². The highest BCUT2D eigenvalue weighted by molar-refractivity contribution is 5.97. The summed E-state index contributed by atoms with van der Waals surface area (Å²) in [5.41, 5.74) is 22.3. The number of hydrogen-bond donors (Lipinski definition) is 0. The van der Waals surface area contributed by atoms with Crippen molar-refractivity contribution >= 4 is 28.4 Å². The number of allylic oxidation sites excluding steroid dienone is 5. The molecule has 1 atom stereocenters. The zero-order valence-electron chi connectivity index (χ0n) is 38.6. The second kappa shape index (κ2) is 17.3. The largest absolute Gasteiger partial charge is 0.311 e. The van der Waals surface area contributed by atoms with Crippen LogP contribution in [0.2, 0.25) is 0 Å². The van der Waals surface area contributed by atoms with E-state index in [-0.39, 0.29) is 5.92 Å². The van der Waals surface area contributed by atoms with Gasteiger partial charge in [0, 0.05) is 28.7 Å². The van der Waals surface area contributed by atoms with E-state index in [1.54, 1.807) is 0 Å². The number of rotatable bonds is 8. The lowest BCUT2D eigenvalue weighted by Gasteiger charge is -2.45. The lowest BCUT2D eigenvalue weighted by molar-refractivity contribution is 0.753. The van der Waals surface area contributed by atoms with E-state index in [1.807, 2.05) is 0 Å². The zero-order valence-corrected chi connectivity index (χ0v) is 38.6. The summed E-state index contributed by atoms with van der Waals surface area (Å²) in [6.45, 7) is 0. The molecule has 0 saturated carbocycles. The third-order valence-electron chi connectivity index (χ3n) is 14.6. The van der Waals surface area contributed by atoms with Crippen LogP contribution < -0.4 is 9.80 Å². The summed E-state index contributed by atoms with van der Waals surface area (Å²) in [7, 11) is 0. The molecule has 1 unspecified atom stereocenters. The number of nitrogens with zero attached hydrogens (tertiary/aromatic N) is 2. The van der Waals surface area contributed by atoms with Crippen molar-refractivity contribution in [1.29, 1.82) is 0 Å². The number of hydrogen-bond acceptors (Lipinski definition) is 2. The van der Waals surface area contributed by atoms with Gasteiger partial charge in [0.2, 0.25) is 0 Å². The van der Waals surface area contributed by atoms with Gasteiger partial charge in [-0.25, -0.2) is 0 Å². The first-order chi connectivity index (χ1) is 34.7. The molecule has 0 saturated heterocycles. The minimum Gasteiger partial charge on any atom is -0.311 e. The first-order valence-corrected chi connectivity index (χ1v) is 24.3. The van der Waals surface area contributed by atoms with Gasteiger partial charge in [-0.2, -0.15) is 0 Å². The molecule has 2 aliphatic carbocycles. The molecule has 10 aromatic rings. The first-order valence-electron chi connectivity index (χ1n) is 24.3. The average Bonchev–Trinajstić information content (AvgIpc) is 3.52. The summed E-state index contributed by atoms with van der Waals surface area (Å²) in [5.74, 6) is 0.177. The molecule has 0 radical (unpaired) electrons. The van der Waals surface area contributed by atoms with Gasteiger partial charge in [0.15, 0.2) is 0 Å². The minimum atomic E-state index is -0.587. The van der Waals surface area contributed by atoms with Crippen molar-refractivity contribution in [3.05, 3.63) is 319 Å². The third kappa shape index (κ3) is 6.87. The van der Waals surface area contributed by atoms with Crippen LogP contribution in [0.5, 0.6) is 0 Å². The summed E-state index contributed by atoms with van der Waals surface area (Å²) in [6, 6.07) is 93.6. The van der Waals surface area contributed by atoms with Crippen molar-refractivity contribution in [3.63, 3.8) is 0 Å². The zero-order chi connectivity index (χ0) is 46.4. The minimum absolute atomic E-state index is 0.177. The first kappa shape index (κ1) is 41.2. The predicted molar refractivity (Wildman–Crippen MR) is 292 cm³/mol. The Hall–Kier alpha value is -8.98. The lowest BCUT2D eigenvalue weighted by atomic mass is 9.64. The van der Waals surface area contributed by atoms with Crippen molar-refractivity contribution in [2.75, 3.05) is 9.80 Å². The fourth-order valence-electron chi connectivity index (χ4n) is 11.3. The van der Waals surface area contributed by atoms with Gasteiger partial charge >= 0.3 is 0 Å². The molecule has 330 valence electrons. The SMILES string of the molecule is C1=CC(c2ccccc2)C=CC(N(c2ccc(-c3ccccc3)cc2)c2ccc(N3c4ccccc4C4(c5cc(-c6ccccc6)ccc5-c5ccc(-c6ccccc6)cc54)c4ccccc43)cc2)=C1. The molecule has 0 fully saturated rings. The maximum absolute atomic E-state index is 2.48. The van der Waals surface area contributed by atoms with E-state index in [9.17, 15) is 0 Å². The number of para-hydroxylation sites is 2. The molecule has 2 nitrogen and oxygen atoms in total. The Balaban J connectivity index is 0.956. The number of anilines is 5. The van der Waals surface area contributed by atoms with Gasteiger partial charge in [-0.1, -0.05) is 212 Å². The molecule has 0 amide bonds. The standard InChI is InChI=1S/C68H48N2/c1-5-18-48(19-6-1)52-26-17-27-56(37-32-52)69(57-38-33-53(34-39-57)49-20-7-2-8-21-49)58-40-42-59(43-41-58)70-66-30-15-13-28-62(66)68(63-29-14-16-31-67(63)70)64-46-54(50-22-9-3-10-23-50)35-44-60(64)61-45-36-55(47-65(61)68)51-24-11-4-12-25-51/h1-47,52H. The highest BCUT2D eigenvalue weighted by atomic mass is 15.2. The molecule has 2 heteroatoms. The van der Waals surface area contributed by atoms with Gasteiger partial charge in [-0.3, -0.25) is 0 Å². The van der Waals surface area contributed by atoms with Crippen molar-refractivity contribution in [1.82, 2.24) is 0 Å². The number of fused-ring (bicyclic) bond motifs is 9. The summed E-state index contributed by atoms with van der Waals surface area (Å²) >= 11 is 0. The van der Waals surface area contributed by atoms with Gasteiger partial charge in [-0.15, -0.1) is 0 Å². The van der Waals surface area contributed by atoms with Crippen LogP contribution in [0.15, 0.2) is 291 Å². The van der Waals surface area contributed by atoms with Crippen LogP contribution in [0.3, 0.4) is 0 Å². The summed E-state index contributed by atoms with van der Waals surface area (Å²) in [4.78, 5) is 4.86. The van der Waals surface area contributed by atoms with Crippen LogP contribution in [0.1, 0.15) is 33.7 Å². The fraction of sp³-hybridized carbons (Fsp3) is 0.0294. The summed E-state index contributed by atoms with van der Waals surface area (Å²) < 4.78 is 0. The van der Waals surface area contributed by atoms with Gasteiger partial charge in [-0.05, 0) is 145 Å². The molecule has 1 aliphatic heterocycles. The molecule has 0 bridgehead atoms. The predicted octanol–water partition coefficient (Wildman–Crippen LogP) is 17.8. The fourth-order valence-corrected chi connectivity index (χ4v) is 11.3. The smallest absolute Gasteiger partial charge is 0.0754 e. The summed E-state index contributed by atoms with van der Waals surface area (Å²) in [6.07, 6.45) is 11.3. The molecule has 1 spiro atoms. The Morgan fingerprint density at radius 1 is 0.357 bits per heavy atom. The Morgan fingerprint density at radius 2 is 0.786 bits per heavy atom. The second-order valence-corrected chi connectivity index (χ2v) is 18.4. The average molecular weight is 893 g/mol. The molecule has 0 aromatic heterocycles. The van der Waals surface area contributed by atoms with E-state index in [0.717, 1.165) is 22.8 Å². The van der Waals surface area contributed by atoms with Crippen LogP contribution in [0.25, 0.3) is 44.5 Å². The topological polar surface area (TPSA) is 6.48 Å². The Morgan fingerprint density at radius 3 is 1.31 bits per heavy atom. The Bertz CT molecular complexity index is 3490. The molecule has 13 rings (SSSR count). The van der Waals surface area contributed by atoms with Gasteiger partial charge in [0.05, 0.1) is 16.8 Å². The van der Waals surface area contributed by atoms with Gasteiger partial charge in [0.25, 0.3) is 0 Å². The normalized spacial score (nSPS) is 14.8. The maximum atomic E-state index is 2.48. The van der Waals surface area contributed by atoms with Crippen LogP contribution in [0, 0.1) is 0 Å². The van der Waals surface area contributed by atoms with Crippen LogP contribution in [-0.2, 0) is 5.41 Å². The highest BCUT2D eigenvalue weighted by Gasteiger charge is 2.52. The quantitative estimate of drug-likeness (QED) is 0.150. The van der Waals surface area contributed by atoms with E-state index >= 15 is 0 Å². The second-order valence-electron chi connectivity index (χ2n) is 18.4. The Kier molecular flexibility index (Phi) is 10.2. The third-order valence-corrected chi connectivity index (χ3v) is 14.6. The Labute approximate surface area is 410 Å². The molecule has 70 heavy (non-hydrogen) atoms. The molecular weight excluding hydrogens is 845 g/mol. The van der Waals surface area contributed by atoms with E-state index in [0.29, 0.717) is 0 Å². The lowest BCUT2D eigenvalue weighted by Crippen LogP contribution is -2.36. The molecule has 10 aromatic carbocycles. The molecule has 0 N–H and O–H groups in total. The number of benzene rings is 10. The van der Waals surface area contributed by atoms with E-state index in [1.165, 1.54) is 83.7 Å². The molecular formula is C68H48N2. The maximum Gasteiger partial charge on any atom is 0.0754 e. The van der Waals surface area contributed by atoms with Crippen LogP contribution >= 0.6 is 0 Å². The molecule has 3 aliphatic rings. The van der Waals surface area contributed by atoms with Gasteiger partial charge in [0.1, 0.15) is 0 Å². The van der Waals surface area contributed by atoms with E-state index in [2.05, 4.69) is 295 Å². The van der Waals surface area contributed by atoms with E-state index < -0.39 is 5.41 Å². The van der Waals surface area contributed by atoms with Crippen molar-refractivity contribution in [3.8, 4) is 44.5 Å². The van der Waals surface area contributed by atoms with Crippen molar-refractivity contribution in [2.45, 2.75) is 11.3 Å². The van der Waals surface area contributed by atoms with Crippen molar-refractivity contribution < 1.29 is 0 Å². The summed E-state index contributed by atoms with van der Waals surface area (Å²) in [5, 5.41) is 0. The highest BCUT2D eigenvalue weighted by Crippen LogP contribution is 2.64. The monoisotopic (exact) mass is 892 g/mol. The van der Waals surface area contributed by atoms with Gasteiger partial charge < -0.3 is 9.80 Å². The van der Waals surface area contributed by atoms with Crippen molar-refractivity contribution in [2.24, 2.45) is 0 Å².